The van der Waals surface area contributed by atoms with Crippen LogP contribution in [0.15, 0.2) is 24.5 Å². The number of hydrogen-bond donors (Lipinski definition) is 0. The molecule has 0 aromatic carbocycles. The van der Waals surface area contributed by atoms with Crippen molar-refractivity contribution in [3.05, 3.63) is 35.9 Å². The van der Waals surface area contributed by atoms with Crippen molar-refractivity contribution >= 4 is 11.3 Å². The second kappa shape index (κ2) is 4.12. The third-order valence-electron chi connectivity index (χ3n) is 2.90. The number of halogens is 3. The van der Waals surface area contributed by atoms with E-state index in [0.29, 0.717) is 11.9 Å². The first-order valence-corrected chi connectivity index (χ1v) is 5.46. The summed E-state index contributed by atoms with van der Waals surface area (Å²) in [6.07, 6.45) is -1.07. The molecule has 0 saturated carbocycles. The number of Topliss-reactive ketones (excluding diaryl/α,β-unsaturated/α-hetero) is 1. The molecule has 2 aromatic heterocycles. The van der Waals surface area contributed by atoms with Gasteiger partial charge in [-0.2, -0.15) is 13.2 Å². The van der Waals surface area contributed by atoms with Crippen molar-refractivity contribution < 1.29 is 22.5 Å². The van der Waals surface area contributed by atoms with Gasteiger partial charge in [-0.15, -0.1) is 0 Å². The lowest BCUT2D eigenvalue weighted by atomic mass is 10.3. The molecule has 2 rings (SSSR count). The largest absolute Gasteiger partial charge is 0.456 e. The van der Waals surface area contributed by atoms with E-state index in [4.69, 9.17) is 0 Å². The molecule has 2 heterocycles. The molecule has 0 aliphatic rings. The number of aryl methyl sites for hydroxylation is 2. The second-order valence-corrected chi connectivity index (χ2v) is 4.01. The van der Waals surface area contributed by atoms with Crippen LogP contribution in [0.5, 0.6) is 0 Å². The van der Waals surface area contributed by atoms with E-state index in [2.05, 4.69) is 0 Å². The third kappa shape index (κ3) is 1.87. The molecule has 6 heteroatoms. The maximum Gasteiger partial charge on any atom is 0.456 e. The molecule has 0 saturated heterocycles. The molecule has 0 unspecified atom stereocenters. The Bertz CT molecular complexity index is 614. The van der Waals surface area contributed by atoms with Crippen molar-refractivity contribution in [2.24, 2.45) is 7.05 Å². The number of nitrogens with zero attached hydrogens (tertiary/aromatic N) is 2. The molecule has 0 fully saturated rings. The van der Waals surface area contributed by atoms with Crippen LogP contribution >= 0.6 is 0 Å². The summed E-state index contributed by atoms with van der Waals surface area (Å²) in [5.41, 5.74) is 1.14. The van der Waals surface area contributed by atoms with Gasteiger partial charge in [0.25, 0.3) is 5.78 Å². The van der Waals surface area contributed by atoms with Gasteiger partial charge in [0.15, 0.2) is 6.20 Å². The summed E-state index contributed by atoms with van der Waals surface area (Å²) in [6.45, 7) is 1.91. The van der Waals surface area contributed by atoms with Crippen LogP contribution in [0.25, 0.3) is 5.52 Å². The number of aromatic nitrogens is 2. The molecule has 18 heavy (non-hydrogen) atoms. The number of rotatable bonds is 2. The second-order valence-electron chi connectivity index (χ2n) is 4.01. The monoisotopic (exact) mass is 257 g/mol. The molecule has 96 valence electrons. The van der Waals surface area contributed by atoms with E-state index < -0.39 is 12.0 Å². The van der Waals surface area contributed by atoms with Gasteiger partial charge in [-0.25, -0.2) is 4.57 Å². The van der Waals surface area contributed by atoms with Crippen molar-refractivity contribution in [1.82, 2.24) is 4.40 Å². The SMILES string of the molecule is CCc1c2ccc(C(=O)C(F)(F)F)n2cc[n+]1C. The minimum atomic E-state index is -4.85. The van der Waals surface area contributed by atoms with Gasteiger partial charge in [0, 0.05) is 6.42 Å². The van der Waals surface area contributed by atoms with Crippen LogP contribution in [0, 0.1) is 0 Å². The van der Waals surface area contributed by atoms with Gasteiger partial charge >= 0.3 is 6.18 Å². The van der Waals surface area contributed by atoms with Crippen molar-refractivity contribution in [3.63, 3.8) is 0 Å². The predicted molar refractivity (Wildman–Crippen MR) is 58.3 cm³/mol. The van der Waals surface area contributed by atoms with Gasteiger partial charge in [-0.1, -0.05) is 6.92 Å². The van der Waals surface area contributed by atoms with Gasteiger partial charge in [-0.3, -0.25) is 4.79 Å². The minimum absolute atomic E-state index is 0.354. The summed E-state index contributed by atoms with van der Waals surface area (Å²) in [7, 11) is 1.82. The molecule has 3 nitrogen and oxygen atoms in total. The summed E-state index contributed by atoms with van der Waals surface area (Å²) in [4.78, 5) is 11.3. The van der Waals surface area contributed by atoms with Gasteiger partial charge in [0.05, 0.1) is 11.9 Å². The molecular weight excluding hydrogens is 245 g/mol. The Morgan fingerprint density at radius 2 is 2.06 bits per heavy atom. The summed E-state index contributed by atoms with van der Waals surface area (Å²) in [5, 5.41) is 0. The van der Waals surface area contributed by atoms with Crippen LogP contribution in [0.4, 0.5) is 13.2 Å². The molecule has 0 atom stereocenters. The summed E-state index contributed by atoms with van der Waals surface area (Å²) < 4.78 is 40.4. The molecule has 0 aliphatic heterocycles. The first-order valence-electron chi connectivity index (χ1n) is 5.46. The lowest BCUT2D eigenvalue weighted by Crippen LogP contribution is -2.34. The highest BCUT2D eigenvalue weighted by molar-refractivity contribution is 5.99. The quantitative estimate of drug-likeness (QED) is 0.597. The van der Waals surface area contributed by atoms with E-state index in [0.717, 1.165) is 5.69 Å². The van der Waals surface area contributed by atoms with E-state index in [-0.39, 0.29) is 5.69 Å². The maximum absolute atomic E-state index is 12.4. The number of ketones is 1. The van der Waals surface area contributed by atoms with E-state index in [1.807, 2.05) is 18.5 Å². The first kappa shape index (κ1) is 12.6. The highest BCUT2D eigenvalue weighted by atomic mass is 19.4. The molecule has 0 N–H and O–H groups in total. The fourth-order valence-electron chi connectivity index (χ4n) is 2.04. The smallest absolute Gasteiger partial charge is 0.302 e. The summed E-state index contributed by atoms with van der Waals surface area (Å²) in [6, 6.07) is 2.75. The Labute approximate surface area is 101 Å². The maximum atomic E-state index is 12.4. The number of hydrogen-bond acceptors (Lipinski definition) is 1. The van der Waals surface area contributed by atoms with Crippen molar-refractivity contribution in [2.75, 3.05) is 0 Å². The standard InChI is InChI=1S/C12H12F3N2O/c1-3-8-9-4-5-10(11(18)12(13,14)15)17(9)7-6-16(8)2/h4-7H,3H2,1-2H3/q+1. The van der Waals surface area contributed by atoms with Gasteiger partial charge < -0.3 is 4.40 Å². The Balaban J connectivity index is 2.67. The highest BCUT2D eigenvalue weighted by Crippen LogP contribution is 2.23. The average Bonchev–Trinajstić information content (AvgIpc) is 2.70. The van der Waals surface area contributed by atoms with E-state index >= 15 is 0 Å². The highest BCUT2D eigenvalue weighted by Gasteiger charge is 2.41. The zero-order valence-electron chi connectivity index (χ0n) is 9.95. The Morgan fingerprint density at radius 3 is 2.61 bits per heavy atom. The molecule has 0 spiro atoms. The van der Waals surface area contributed by atoms with Crippen LogP contribution in [0.2, 0.25) is 0 Å². The van der Waals surface area contributed by atoms with Gasteiger partial charge in [0.2, 0.25) is 5.69 Å². The fourth-order valence-corrected chi connectivity index (χ4v) is 2.04. The number of fused-ring (bicyclic) bond motifs is 1. The van der Waals surface area contributed by atoms with Crippen LogP contribution < -0.4 is 4.57 Å². The summed E-state index contributed by atoms with van der Waals surface area (Å²) >= 11 is 0. The number of carbonyl (C=O) groups excluding carboxylic acids is 1. The molecule has 0 bridgehead atoms. The molecular formula is C12H12F3N2O+. The number of alkyl halides is 3. The lowest BCUT2D eigenvalue weighted by Gasteiger charge is -2.06. The molecule has 0 radical (unpaired) electrons. The summed E-state index contributed by atoms with van der Waals surface area (Å²) in [5.74, 6) is -1.82. The number of carbonyl (C=O) groups is 1. The van der Waals surface area contributed by atoms with Gasteiger partial charge in [0.1, 0.15) is 12.6 Å². The molecule has 2 aromatic rings. The van der Waals surface area contributed by atoms with Crippen LogP contribution in [0.1, 0.15) is 23.1 Å². The fraction of sp³-hybridized carbons (Fsp3) is 0.333. The lowest BCUT2D eigenvalue weighted by molar-refractivity contribution is -0.678. The predicted octanol–water partition coefficient (Wildman–Crippen LogP) is 2.07. The van der Waals surface area contributed by atoms with Crippen LogP contribution in [-0.4, -0.2) is 16.4 Å². The minimum Gasteiger partial charge on any atom is -0.302 e. The zero-order chi connectivity index (χ0) is 13.5. The molecule has 0 aliphatic carbocycles. The van der Waals surface area contributed by atoms with E-state index in [9.17, 15) is 18.0 Å². The van der Waals surface area contributed by atoms with E-state index in [1.165, 1.54) is 22.7 Å². The van der Waals surface area contributed by atoms with Crippen molar-refractivity contribution in [3.8, 4) is 0 Å². The zero-order valence-corrected chi connectivity index (χ0v) is 9.95. The van der Waals surface area contributed by atoms with E-state index in [1.54, 1.807) is 6.20 Å². The topological polar surface area (TPSA) is 25.4 Å². The van der Waals surface area contributed by atoms with Crippen molar-refractivity contribution in [1.29, 1.82) is 0 Å². The Hall–Kier alpha value is -1.85. The normalized spacial score (nSPS) is 12.1. The van der Waals surface area contributed by atoms with Crippen LogP contribution in [-0.2, 0) is 13.5 Å². The molecule has 0 amide bonds. The third-order valence-corrected chi connectivity index (χ3v) is 2.90. The average molecular weight is 257 g/mol. The van der Waals surface area contributed by atoms with Crippen molar-refractivity contribution in [2.45, 2.75) is 19.5 Å². The Morgan fingerprint density at radius 1 is 1.39 bits per heavy atom. The first-order chi connectivity index (χ1) is 8.36. The van der Waals surface area contributed by atoms with Crippen LogP contribution in [0.3, 0.4) is 0 Å². The Kier molecular flexibility index (Phi) is 2.88. The van der Waals surface area contributed by atoms with Gasteiger partial charge in [-0.05, 0) is 12.1 Å².